The summed E-state index contributed by atoms with van der Waals surface area (Å²) in [6.07, 6.45) is 2.35. The molecule has 2 heterocycles. The molecule has 0 spiro atoms. The van der Waals surface area contributed by atoms with Crippen LogP contribution in [0, 0.1) is 11.7 Å². The Morgan fingerprint density at radius 2 is 2.00 bits per heavy atom. The predicted molar refractivity (Wildman–Crippen MR) is 106 cm³/mol. The molecule has 1 saturated heterocycles. The molecule has 3 aromatic rings. The fraction of sp³-hybridized carbons (Fsp3) is 0.250. The summed E-state index contributed by atoms with van der Waals surface area (Å²) in [6.45, 7) is 0.380. The molecule has 4 rings (SSSR count). The van der Waals surface area contributed by atoms with E-state index in [0.29, 0.717) is 36.5 Å². The molecule has 1 aliphatic heterocycles. The molecule has 0 radical (unpaired) electrons. The van der Waals surface area contributed by atoms with Gasteiger partial charge in [0.2, 0.25) is 28.2 Å². The molecule has 0 saturated carbocycles. The number of hydrogen-bond donors (Lipinski definition) is 1. The van der Waals surface area contributed by atoms with E-state index in [4.69, 9.17) is 4.42 Å². The fourth-order valence-corrected chi connectivity index (χ4v) is 4.93. The number of aromatic nitrogens is 2. The van der Waals surface area contributed by atoms with Gasteiger partial charge >= 0.3 is 0 Å². The van der Waals surface area contributed by atoms with E-state index >= 15 is 0 Å². The second-order valence-electron chi connectivity index (χ2n) is 6.97. The van der Waals surface area contributed by atoms with Crippen LogP contribution in [0.25, 0.3) is 11.5 Å². The zero-order chi connectivity index (χ0) is 21.1. The van der Waals surface area contributed by atoms with Crippen molar-refractivity contribution >= 4 is 21.6 Å². The molecule has 0 bridgehead atoms. The standard InChI is InChI=1S/C20H19FN4O4S/c21-16-6-8-18(9-7-16)30(27,28)25-10-2-4-15(12-25)19(26)23-17-5-1-3-14(11-17)20-24-22-13-29-20/h1,3,5-9,11,13,15H,2,4,10,12H2,(H,23,26)/t15-/m1/s1. The van der Waals surface area contributed by atoms with Crippen molar-refractivity contribution in [3.8, 4) is 11.5 Å². The Kier molecular flexibility index (Phi) is 5.60. The minimum absolute atomic E-state index is 0.0113. The number of nitrogens with zero attached hydrogens (tertiary/aromatic N) is 3. The predicted octanol–water partition coefficient (Wildman–Crippen LogP) is 2.92. The summed E-state index contributed by atoms with van der Waals surface area (Å²) in [5.74, 6) is -0.939. The van der Waals surface area contributed by atoms with Crippen LogP contribution in [0.15, 0.2) is 64.2 Å². The average molecular weight is 430 g/mol. The average Bonchev–Trinajstić information content (AvgIpc) is 3.29. The number of nitrogens with one attached hydrogen (secondary N) is 1. The first kappa shape index (κ1) is 20.2. The molecule has 8 nitrogen and oxygen atoms in total. The molecule has 156 valence electrons. The molecule has 0 aliphatic carbocycles. The van der Waals surface area contributed by atoms with Gasteiger partial charge in [0.1, 0.15) is 5.82 Å². The number of sulfonamides is 1. The van der Waals surface area contributed by atoms with Crippen molar-refractivity contribution in [2.24, 2.45) is 5.92 Å². The van der Waals surface area contributed by atoms with Gasteiger partial charge < -0.3 is 9.73 Å². The molecule has 10 heteroatoms. The van der Waals surface area contributed by atoms with E-state index in [2.05, 4.69) is 15.5 Å². The Morgan fingerprint density at radius 1 is 1.20 bits per heavy atom. The van der Waals surface area contributed by atoms with Crippen LogP contribution in [-0.4, -0.2) is 41.9 Å². The highest BCUT2D eigenvalue weighted by Crippen LogP contribution is 2.26. The van der Waals surface area contributed by atoms with Crippen molar-refractivity contribution in [3.63, 3.8) is 0 Å². The Bertz CT molecular complexity index is 1130. The van der Waals surface area contributed by atoms with Crippen LogP contribution < -0.4 is 5.32 Å². The maximum absolute atomic E-state index is 13.1. The third kappa shape index (κ3) is 4.24. The normalized spacial score (nSPS) is 17.6. The first-order valence-electron chi connectivity index (χ1n) is 9.37. The topological polar surface area (TPSA) is 105 Å². The number of carbonyl (C=O) groups is 1. The molecule has 1 fully saturated rings. The highest BCUT2D eigenvalue weighted by atomic mass is 32.2. The van der Waals surface area contributed by atoms with Gasteiger partial charge in [-0.25, -0.2) is 12.8 Å². The van der Waals surface area contributed by atoms with Gasteiger partial charge in [-0.05, 0) is 55.3 Å². The molecule has 1 N–H and O–H groups in total. The van der Waals surface area contributed by atoms with Crippen molar-refractivity contribution in [3.05, 3.63) is 60.7 Å². The van der Waals surface area contributed by atoms with Crippen molar-refractivity contribution in [1.29, 1.82) is 0 Å². The number of benzene rings is 2. The fourth-order valence-electron chi connectivity index (χ4n) is 3.40. The van der Waals surface area contributed by atoms with E-state index in [-0.39, 0.29) is 17.3 Å². The number of carbonyl (C=O) groups excluding carboxylic acids is 1. The molecule has 1 aromatic heterocycles. The summed E-state index contributed by atoms with van der Waals surface area (Å²) in [5, 5.41) is 10.3. The molecule has 1 amide bonds. The van der Waals surface area contributed by atoms with Gasteiger partial charge in [0.25, 0.3) is 0 Å². The number of piperidine rings is 1. The summed E-state index contributed by atoms with van der Waals surface area (Å²) >= 11 is 0. The van der Waals surface area contributed by atoms with Gasteiger partial charge in [-0.3, -0.25) is 4.79 Å². The van der Waals surface area contributed by atoms with Crippen molar-refractivity contribution in [2.45, 2.75) is 17.7 Å². The SMILES string of the molecule is O=C(Nc1cccc(-c2nnco2)c1)[C@@H]1CCCN(S(=O)(=O)c2ccc(F)cc2)C1. The van der Waals surface area contributed by atoms with Gasteiger partial charge in [-0.15, -0.1) is 10.2 Å². The second kappa shape index (κ2) is 8.33. The van der Waals surface area contributed by atoms with Crippen molar-refractivity contribution in [1.82, 2.24) is 14.5 Å². The number of halogens is 1. The highest BCUT2D eigenvalue weighted by molar-refractivity contribution is 7.89. The van der Waals surface area contributed by atoms with Crippen molar-refractivity contribution < 1.29 is 22.0 Å². The third-order valence-corrected chi connectivity index (χ3v) is 6.82. The number of rotatable bonds is 5. The van der Waals surface area contributed by atoms with Gasteiger partial charge in [0.05, 0.1) is 10.8 Å². The molecule has 1 atom stereocenters. The van der Waals surface area contributed by atoms with Crippen LogP contribution in [0.1, 0.15) is 12.8 Å². The van der Waals surface area contributed by atoms with Gasteiger partial charge in [-0.1, -0.05) is 6.07 Å². The van der Waals surface area contributed by atoms with Crippen LogP contribution in [0.2, 0.25) is 0 Å². The van der Waals surface area contributed by atoms with Crippen LogP contribution in [0.4, 0.5) is 10.1 Å². The molecule has 0 unspecified atom stereocenters. The monoisotopic (exact) mass is 430 g/mol. The first-order chi connectivity index (χ1) is 14.4. The lowest BCUT2D eigenvalue weighted by atomic mass is 9.98. The molecule has 1 aliphatic rings. The van der Waals surface area contributed by atoms with Gasteiger partial charge in [-0.2, -0.15) is 4.31 Å². The van der Waals surface area contributed by atoms with E-state index in [1.165, 1.54) is 22.8 Å². The molecule has 30 heavy (non-hydrogen) atoms. The minimum atomic E-state index is -3.80. The minimum Gasteiger partial charge on any atom is -0.423 e. The summed E-state index contributed by atoms with van der Waals surface area (Å²) < 4.78 is 45.3. The number of hydrogen-bond acceptors (Lipinski definition) is 6. The maximum Gasteiger partial charge on any atom is 0.247 e. The van der Waals surface area contributed by atoms with Gasteiger partial charge in [0, 0.05) is 24.3 Å². The summed E-state index contributed by atoms with van der Waals surface area (Å²) in [7, 11) is -3.80. The lowest BCUT2D eigenvalue weighted by molar-refractivity contribution is -0.120. The van der Waals surface area contributed by atoms with Crippen LogP contribution in [0.3, 0.4) is 0 Å². The molecular weight excluding hydrogens is 411 g/mol. The lowest BCUT2D eigenvalue weighted by Gasteiger charge is -2.31. The summed E-state index contributed by atoms with van der Waals surface area (Å²) in [5.41, 5.74) is 1.21. The quantitative estimate of drug-likeness (QED) is 0.667. The smallest absolute Gasteiger partial charge is 0.247 e. The van der Waals surface area contributed by atoms with Crippen LogP contribution in [0.5, 0.6) is 0 Å². The Hall–Kier alpha value is -3.11. The Morgan fingerprint density at radius 3 is 2.73 bits per heavy atom. The van der Waals surface area contributed by atoms with E-state index in [9.17, 15) is 17.6 Å². The van der Waals surface area contributed by atoms with Gasteiger partial charge in [0.15, 0.2) is 0 Å². The van der Waals surface area contributed by atoms with Crippen molar-refractivity contribution in [2.75, 3.05) is 18.4 Å². The largest absolute Gasteiger partial charge is 0.423 e. The molecular formula is C20H19FN4O4S. The van der Waals surface area contributed by atoms with E-state index in [1.54, 1.807) is 24.3 Å². The Labute approximate surface area is 172 Å². The van der Waals surface area contributed by atoms with Crippen LogP contribution >= 0.6 is 0 Å². The number of anilines is 1. The maximum atomic E-state index is 13.1. The third-order valence-electron chi connectivity index (χ3n) is 4.94. The second-order valence-corrected chi connectivity index (χ2v) is 8.91. The summed E-state index contributed by atoms with van der Waals surface area (Å²) in [4.78, 5) is 12.8. The lowest BCUT2D eigenvalue weighted by Crippen LogP contribution is -2.43. The van der Waals surface area contributed by atoms with E-state index < -0.39 is 21.8 Å². The van der Waals surface area contributed by atoms with E-state index in [0.717, 1.165) is 12.1 Å². The first-order valence-corrected chi connectivity index (χ1v) is 10.8. The zero-order valence-corrected chi connectivity index (χ0v) is 16.7. The molecule has 2 aromatic carbocycles. The zero-order valence-electron chi connectivity index (χ0n) is 15.9. The Balaban J connectivity index is 1.46. The highest BCUT2D eigenvalue weighted by Gasteiger charge is 2.33. The number of amides is 1. The summed E-state index contributed by atoms with van der Waals surface area (Å²) in [6, 6.07) is 11.7. The van der Waals surface area contributed by atoms with E-state index in [1.807, 2.05) is 0 Å². The van der Waals surface area contributed by atoms with Crippen LogP contribution in [-0.2, 0) is 14.8 Å².